The van der Waals surface area contributed by atoms with E-state index in [9.17, 15) is 14.0 Å². The van der Waals surface area contributed by atoms with Gasteiger partial charge in [-0.1, -0.05) is 55.6 Å². The van der Waals surface area contributed by atoms with Gasteiger partial charge in [-0.15, -0.1) is 0 Å². The number of benzene rings is 1. The standard InChI is InChI=1S/C19H22ClFN4O2S/c1-3-4-5-6-10-25-15-16(24(2)18(27)23-17(15)26)22-19(25)28-11-12-13(20)8-7-9-14(12)21/h7-9H,3-6,10-11H2,1-2H3,(H,23,26,27). The van der Waals surface area contributed by atoms with Crippen molar-refractivity contribution in [2.75, 3.05) is 0 Å². The molecule has 0 amide bonds. The topological polar surface area (TPSA) is 72.7 Å². The Balaban J connectivity index is 2.00. The summed E-state index contributed by atoms with van der Waals surface area (Å²) in [5, 5.41) is 0.917. The zero-order valence-corrected chi connectivity index (χ0v) is 17.4. The maximum absolute atomic E-state index is 14.1. The highest BCUT2D eigenvalue weighted by molar-refractivity contribution is 7.98. The number of H-pyrrole nitrogens is 1. The fourth-order valence-electron chi connectivity index (χ4n) is 3.04. The van der Waals surface area contributed by atoms with Crippen LogP contribution in [0.5, 0.6) is 0 Å². The van der Waals surface area contributed by atoms with E-state index in [1.165, 1.54) is 22.4 Å². The Labute approximate surface area is 170 Å². The zero-order chi connectivity index (χ0) is 20.3. The van der Waals surface area contributed by atoms with E-state index >= 15 is 0 Å². The second-order valence-corrected chi connectivity index (χ2v) is 7.94. The summed E-state index contributed by atoms with van der Waals surface area (Å²) in [6, 6.07) is 4.57. The summed E-state index contributed by atoms with van der Waals surface area (Å²) in [5.74, 6) is -0.105. The van der Waals surface area contributed by atoms with Crippen LogP contribution >= 0.6 is 23.4 Å². The largest absolute Gasteiger partial charge is 0.329 e. The van der Waals surface area contributed by atoms with Gasteiger partial charge in [-0.3, -0.25) is 14.3 Å². The lowest BCUT2D eigenvalue weighted by molar-refractivity contribution is 0.562. The van der Waals surface area contributed by atoms with Crippen molar-refractivity contribution in [3.05, 3.63) is 55.4 Å². The van der Waals surface area contributed by atoms with Crippen LogP contribution in [0.1, 0.15) is 38.2 Å². The molecule has 6 nitrogen and oxygen atoms in total. The van der Waals surface area contributed by atoms with E-state index in [1.54, 1.807) is 19.2 Å². The third kappa shape index (κ3) is 4.17. The molecule has 1 N–H and O–H groups in total. The van der Waals surface area contributed by atoms with Gasteiger partial charge in [0.2, 0.25) is 0 Å². The maximum Gasteiger partial charge on any atom is 0.329 e. The Bertz CT molecular complexity index is 1090. The Morgan fingerprint density at radius 1 is 1.25 bits per heavy atom. The van der Waals surface area contributed by atoms with Crippen LogP contribution in [0.3, 0.4) is 0 Å². The number of unbranched alkanes of at least 4 members (excludes halogenated alkanes) is 3. The number of aromatic amines is 1. The van der Waals surface area contributed by atoms with Gasteiger partial charge >= 0.3 is 5.69 Å². The molecule has 0 aliphatic rings. The molecule has 0 atom stereocenters. The number of hydrogen-bond acceptors (Lipinski definition) is 4. The second kappa shape index (κ2) is 8.96. The van der Waals surface area contributed by atoms with E-state index in [-0.39, 0.29) is 11.6 Å². The van der Waals surface area contributed by atoms with Gasteiger partial charge in [0.05, 0.1) is 0 Å². The average Bonchev–Trinajstić information content (AvgIpc) is 3.02. The highest BCUT2D eigenvalue weighted by atomic mass is 35.5. The number of halogens is 2. The normalized spacial score (nSPS) is 11.4. The molecule has 1 aromatic carbocycles. The lowest BCUT2D eigenvalue weighted by Gasteiger charge is -2.09. The van der Waals surface area contributed by atoms with Gasteiger partial charge in [-0.25, -0.2) is 14.2 Å². The van der Waals surface area contributed by atoms with Gasteiger partial charge in [0.15, 0.2) is 16.3 Å². The molecular weight excluding hydrogens is 403 g/mol. The zero-order valence-electron chi connectivity index (χ0n) is 15.8. The molecule has 0 radical (unpaired) electrons. The lowest BCUT2D eigenvalue weighted by Crippen LogP contribution is -2.29. The fraction of sp³-hybridized carbons (Fsp3) is 0.421. The Morgan fingerprint density at radius 2 is 2.04 bits per heavy atom. The van der Waals surface area contributed by atoms with E-state index in [0.29, 0.717) is 33.5 Å². The van der Waals surface area contributed by atoms with Crippen LogP contribution in [0.15, 0.2) is 32.9 Å². The number of rotatable bonds is 8. The number of fused-ring (bicyclic) bond motifs is 1. The maximum atomic E-state index is 14.1. The van der Waals surface area contributed by atoms with Crippen molar-refractivity contribution in [2.24, 2.45) is 7.05 Å². The number of hydrogen-bond donors (Lipinski definition) is 1. The first-order valence-corrected chi connectivity index (χ1v) is 10.6. The number of thioether (sulfide) groups is 1. The van der Waals surface area contributed by atoms with Gasteiger partial charge in [0.1, 0.15) is 5.82 Å². The van der Waals surface area contributed by atoms with Crippen LogP contribution in [0.2, 0.25) is 5.02 Å². The van der Waals surface area contributed by atoms with E-state index in [1.807, 2.05) is 4.57 Å². The smallest absolute Gasteiger partial charge is 0.313 e. The molecule has 2 heterocycles. The predicted octanol–water partition coefficient (Wildman–Crippen LogP) is 4.09. The van der Waals surface area contributed by atoms with Gasteiger partial charge in [-0.2, -0.15) is 0 Å². The molecular formula is C19H22ClFN4O2S. The number of nitrogens with zero attached hydrogens (tertiary/aromatic N) is 3. The second-order valence-electron chi connectivity index (χ2n) is 6.59. The van der Waals surface area contributed by atoms with Crippen molar-refractivity contribution in [2.45, 2.75) is 50.1 Å². The molecule has 3 rings (SSSR count). The fourth-order valence-corrected chi connectivity index (χ4v) is 4.40. The molecule has 2 aromatic heterocycles. The van der Waals surface area contributed by atoms with Crippen molar-refractivity contribution in [3.8, 4) is 0 Å². The molecule has 0 aliphatic carbocycles. The minimum Gasteiger partial charge on any atom is -0.313 e. The van der Waals surface area contributed by atoms with Crippen molar-refractivity contribution in [1.29, 1.82) is 0 Å². The first-order chi connectivity index (χ1) is 13.4. The molecule has 0 saturated carbocycles. The minimum absolute atomic E-state index is 0.273. The molecule has 150 valence electrons. The Kier molecular flexibility index (Phi) is 6.61. The SMILES string of the molecule is CCCCCCn1c(SCc2c(F)cccc2Cl)nc2c1c(=O)[nH]c(=O)n2C. The highest BCUT2D eigenvalue weighted by Crippen LogP contribution is 2.29. The van der Waals surface area contributed by atoms with Crippen LogP contribution in [0.4, 0.5) is 4.39 Å². The van der Waals surface area contributed by atoms with Crippen LogP contribution in [-0.2, 0) is 19.3 Å². The van der Waals surface area contributed by atoms with Gasteiger partial charge in [0.25, 0.3) is 5.56 Å². The Hall–Kier alpha value is -2.06. The number of aryl methyl sites for hydroxylation is 2. The van der Waals surface area contributed by atoms with Crippen LogP contribution in [0, 0.1) is 5.82 Å². The van der Waals surface area contributed by atoms with E-state index < -0.39 is 11.2 Å². The molecule has 3 aromatic rings. The predicted molar refractivity (Wildman–Crippen MR) is 111 cm³/mol. The number of nitrogens with one attached hydrogen (secondary N) is 1. The molecule has 0 aliphatic heterocycles. The molecule has 9 heteroatoms. The Morgan fingerprint density at radius 3 is 2.75 bits per heavy atom. The summed E-state index contributed by atoms with van der Waals surface area (Å²) in [5.41, 5.74) is 0.104. The highest BCUT2D eigenvalue weighted by Gasteiger charge is 2.18. The van der Waals surface area contributed by atoms with Crippen LogP contribution < -0.4 is 11.2 Å². The summed E-state index contributed by atoms with van der Waals surface area (Å²) >= 11 is 7.42. The van der Waals surface area contributed by atoms with Crippen molar-refractivity contribution < 1.29 is 4.39 Å². The molecule has 28 heavy (non-hydrogen) atoms. The molecule has 0 fully saturated rings. The quantitative estimate of drug-likeness (QED) is 0.436. The summed E-state index contributed by atoms with van der Waals surface area (Å²) < 4.78 is 17.2. The molecule has 0 bridgehead atoms. The van der Waals surface area contributed by atoms with Gasteiger partial charge < -0.3 is 4.57 Å². The third-order valence-corrected chi connectivity index (χ3v) is 5.97. The summed E-state index contributed by atoms with van der Waals surface area (Å²) in [6.45, 7) is 2.73. The van der Waals surface area contributed by atoms with Crippen molar-refractivity contribution >= 4 is 34.5 Å². The first kappa shape index (κ1) is 20.7. The molecule has 0 saturated heterocycles. The summed E-state index contributed by atoms with van der Waals surface area (Å²) in [6.07, 6.45) is 4.13. The lowest BCUT2D eigenvalue weighted by atomic mass is 10.2. The van der Waals surface area contributed by atoms with Crippen molar-refractivity contribution in [1.82, 2.24) is 19.1 Å². The minimum atomic E-state index is -0.512. The average molecular weight is 425 g/mol. The van der Waals surface area contributed by atoms with Crippen LogP contribution in [0.25, 0.3) is 11.2 Å². The third-order valence-electron chi connectivity index (χ3n) is 4.61. The summed E-state index contributed by atoms with van der Waals surface area (Å²) in [4.78, 5) is 31.2. The van der Waals surface area contributed by atoms with E-state index in [4.69, 9.17) is 11.6 Å². The monoisotopic (exact) mass is 424 g/mol. The number of imidazole rings is 1. The van der Waals surface area contributed by atoms with Gasteiger partial charge in [-0.05, 0) is 18.6 Å². The van der Waals surface area contributed by atoms with Gasteiger partial charge in [0, 0.05) is 29.9 Å². The van der Waals surface area contributed by atoms with Crippen LogP contribution in [-0.4, -0.2) is 19.1 Å². The molecule has 0 spiro atoms. The first-order valence-electron chi connectivity index (χ1n) is 9.19. The van der Waals surface area contributed by atoms with E-state index in [2.05, 4.69) is 16.9 Å². The molecule has 0 unspecified atom stereocenters. The van der Waals surface area contributed by atoms with Crippen molar-refractivity contribution in [3.63, 3.8) is 0 Å². The van der Waals surface area contributed by atoms with E-state index in [0.717, 1.165) is 25.7 Å². The number of aromatic nitrogens is 4. The summed E-state index contributed by atoms with van der Waals surface area (Å²) in [7, 11) is 1.57.